The molecule has 4 rings (SSSR count). The summed E-state index contributed by atoms with van der Waals surface area (Å²) in [5.74, 6) is 0.0814. The predicted molar refractivity (Wildman–Crippen MR) is 100 cm³/mol. The van der Waals surface area contributed by atoms with Crippen molar-refractivity contribution in [3.05, 3.63) is 46.9 Å². The molecule has 0 spiro atoms. The van der Waals surface area contributed by atoms with Crippen molar-refractivity contribution in [2.75, 3.05) is 26.2 Å². The van der Waals surface area contributed by atoms with E-state index in [1.54, 1.807) is 0 Å². The van der Waals surface area contributed by atoms with E-state index in [-0.39, 0.29) is 5.91 Å². The molecule has 4 heterocycles. The number of hydrogen-bond donors (Lipinski definition) is 0. The molecule has 3 aromatic heterocycles. The van der Waals surface area contributed by atoms with Crippen LogP contribution in [0.2, 0.25) is 0 Å². The fraction of sp³-hybridized carbons (Fsp3) is 0.444. The Balaban J connectivity index is 1.38. The molecule has 0 radical (unpaired) electrons. The second-order valence-electron chi connectivity index (χ2n) is 6.55. The first-order valence-electron chi connectivity index (χ1n) is 9.00. The Labute approximate surface area is 156 Å². The van der Waals surface area contributed by atoms with Gasteiger partial charge in [-0.15, -0.1) is 5.10 Å². The third-order valence-electron chi connectivity index (χ3n) is 4.78. The first kappa shape index (κ1) is 17.1. The van der Waals surface area contributed by atoms with Crippen LogP contribution in [0.3, 0.4) is 0 Å². The zero-order valence-corrected chi connectivity index (χ0v) is 15.7. The summed E-state index contributed by atoms with van der Waals surface area (Å²) in [6.45, 7) is 6.13. The molecule has 3 aromatic rings. The summed E-state index contributed by atoms with van der Waals surface area (Å²) in [4.78, 5) is 22.2. The second-order valence-corrected chi connectivity index (χ2v) is 7.30. The third-order valence-corrected chi connectivity index (χ3v) is 5.53. The maximum Gasteiger partial charge on any atom is 0.267 e. The highest BCUT2D eigenvalue weighted by Gasteiger charge is 2.26. The van der Waals surface area contributed by atoms with Crippen molar-refractivity contribution in [3.63, 3.8) is 0 Å². The van der Waals surface area contributed by atoms with Gasteiger partial charge >= 0.3 is 0 Å². The highest BCUT2D eigenvalue weighted by Crippen LogP contribution is 2.18. The summed E-state index contributed by atoms with van der Waals surface area (Å²) in [6.07, 6.45) is 5.76. The molecule has 0 saturated carbocycles. The number of imidazole rings is 1. The minimum atomic E-state index is 0.0814. The van der Waals surface area contributed by atoms with Crippen LogP contribution in [-0.4, -0.2) is 60.9 Å². The average molecular weight is 370 g/mol. The van der Waals surface area contributed by atoms with Crippen molar-refractivity contribution in [3.8, 4) is 0 Å². The summed E-state index contributed by atoms with van der Waals surface area (Å²) >= 11 is 1.22. The van der Waals surface area contributed by atoms with Crippen molar-refractivity contribution in [2.24, 2.45) is 0 Å². The molecular weight excluding hydrogens is 348 g/mol. The molecule has 0 aromatic carbocycles. The van der Waals surface area contributed by atoms with Crippen LogP contribution in [0.25, 0.3) is 5.65 Å². The normalized spacial score (nSPS) is 15.7. The van der Waals surface area contributed by atoms with Gasteiger partial charge in [0.1, 0.15) is 10.5 Å². The molecular formula is C18H22N6OS. The SMILES string of the molecule is CCCc1nnsc1C(=O)N1CCN(Cc2cnc3ccccn23)CC1. The fourth-order valence-corrected chi connectivity index (χ4v) is 4.03. The minimum Gasteiger partial charge on any atom is -0.335 e. The smallest absolute Gasteiger partial charge is 0.267 e. The van der Waals surface area contributed by atoms with Gasteiger partial charge in [-0.25, -0.2) is 4.98 Å². The Bertz CT molecular complexity index is 896. The molecule has 0 bridgehead atoms. The molecule has 8 heteroatoms. The minimum absolute atomic E-state index is 0.0814. The van der Waals surface area contributed by atoms with Crippen molar-refractivity contribution >= 4 is 23.1 Å². The summed E-state index contributed by atoms with van der Waals surface area (Å²) in [5.41, 5.74) is 2.99. The molecule has 1 fully saturated rings. The molecule has 7 nitrogen and oxygen atoms in total. The molecule has 1 amide bonds. The van der Waals surface area contributed by atoms with Gasteiger partial charge in [0.15, 0.2) is 0 Å². The van der Waals surface area contributed by atoms with Crippen molar-refractivity contribution in [2.45, 2.75) is 26.3 Å². The monoisotopic (exact) mass is 370 g/mol. The maximum absolute atomic E-state index is 12.8. The van der Waals surface area contributed by atoms with E-state index in [9.17, 15) is 4.79 Å². The molecule has 26 heavy (non-hydrogen) atoms. The van der Waals surface area contributed by atoms with E-state index in [4.69, 9.17) is 0 Å². The Morgan fingerprint density at radius 2 is 2.08 bits per heavy atom. The summed E-state index contributed by atoms with van der Waals surface area (Å²) in [6, 6.07) is 6.03. The number of piperazine rings is 1. The van der Waals surface area contributed by atoms with Gasteiger partial charge in [-0.2, -0.15) is 0 Å². The van der Waals surface area contributed by atoms with E-state index in [1.165, 1.54) is 17.2 Å². The number of fused-ring (bicyclic) bond motifs is 1. The number of aromatic nitrogens is 4. The van der Waals surface area contributed by atoms with Gasteiger partial charge in [0, 0.05) is 38.9 Å². The number of amides is 1. The second kappa shape index (κ2) is 7.51. The van der Waals surface area contributed by atoms with Gasteiger partial charge in [-0.05, 0) is 30.1 Å². The van der Waals surface area contributed by atoms with Crippen LogP contribution in [0.4, 0.5) is 0 Å². The molecule has 1 aliphatic rings. The van der Waals surface area contributed by atoms with Gasteiger partial charge in [-0.3, -0.25) is 9.69 Å². The molecule has 0 unspecified atom stereocenters. The summed E-state index contributed by atoms with van der Waals surface area (Å²) in [7, 11) is 0. The number of carbonyl (C=O) groups is 1. The van der Waals surface area contributed by atoms with Crippen LogP contribution in [-0.2, 0) is 13.0 Å². The number of nitrogens with zero attached hydrogens (tertiary/aromatic N) is 6. The van der Waals surface area contributed by atoms with Crippen molar-refractivity contribution in [1.29, 1.82) is 0 Å². The number of rotatable bonds is 5. The van der Waals surface area contributed by atoms with E-state index in [0.29, 0.717) is 4.88 Å². The van der Waals surface area contributed by atoms with Crippen LogP contribution in [0.15, 0.2) is 30.6 Å². The quantitative estimate of drug-likeness (QED) is 0.688. The van der Waals surface area contributed by atoms with Gasteiger partial charge < -0.3 is 9.30 Å². The van der Waals surface area contributed by atoms with E-state index in [0.717, 1.165) is 56.9 Å². The first-order chi connectivity index (χ1) is 12.8. The topological polar surface area (TPSA) is 66.6 Å². The van der Waals surface area contributed by atoms with Crippen LogP contribution in [0.1, 0.15) is 34.4 Å². The Hall–Kier alpha value is -2.32. The maximum atomic E-state index is 12.8. The van der Waals surface area contributed by atoms with Crippen molar-refractivity contribution < 1.29 is 4.79 Å². The summed E-state index contributed by atoms with van der Waals surface area (Å²) in [5, 5.41) is 4.12. The van der Waals surface area contributed by atoms with Crippen LogP contribution >= 0.6 is 11.5 Å². The number of aryl methyl sites for hydroxylation is 1. The van der Waals surface area contributed by atoms with Crippen LogP contribution in [0, 0.1) is 0 Å². The van der Waals surface area contributed by atoms with Crippen LogP contribution < -0.4 is 0 Å². The van der Waals surface area contributed by atoms with Crippen LogP contribution in [0.5, 0.6) is 0 Å². The van der Waals surface area contributed by atoms with Gasteiger partial charge in [0.25, 0.3) is 5.91 Å². The zero-order chi connectivity index (χ0) is 17.9. The van der Waals surface area contributed by atoms with Crippen molar-refractivity contribution in [1.82, 2.24) is 28.8 Å². The average Bonchev–Trinajstić information content (AvgIpc) is 3.30. The number of hydrogen-bond acceptors (Lipinski definition) is 6. The molecule has 136 valence electrons. The molecule has 0 aliphatic carbocycles. The van der Waals surface area contributed by atoms with E-state index in [2.05, 4.69) is 30.8 Å². The standard InChI is InChI=1S/C18H22N6OS/c1-2-5-15-17(26-21-20-15)18(25)23-10-8-22(9-11-23)13-14-12-19-16-6-3-4-7-24(14)16/h3-4,6-7,12H,2,5,8-11,13H2,1H3. The zero-order valence-electron chi connectivity index (χ0n) is 14.8. The Morgan fingerprint density at radius 3 is 2.88 bits per heavy atom. The Morgan fingerprint density at radius 1 is 1.23 bits per heavy atom. The number of carbonyl (C=O) groups excluding carboxylic acids is 1. The largest absolute Gasteiger partial charge is 0.335 e. The summed E-state index contributed by atoms with van der Waals surface area (Å²) < 4.78 is 6.10. The molecule has 1 saturated heterocycles. The highest BCUT2D eigenvalue weighted by atomic mass is 32.1. The third kappa shape index (κ3) is 3.34. The van der Waals surface area contributed by atoms with E-state index >= 15 is 0 Å². The lowest BCUT2D eigenvalue weighted by atomic mass is 10.2. The number of pyridine rings is 1. The lowest BCUT2D eigenvalue weighted by molar-refractivity contribution is 0.0630. The Kier molecular flexibility index (Phi) is 4.94. The highest BCUT2D eigenvalue weighted by molar-refractivity contribution is 7.08. The van der Waals surface area contributed by atoms with Gasteiger partial charge in [0.05, 0.1) is 17.6 Å². The van der Waals surface area contributed by atoms with E-state index < -0.39 is 0 Å². The molecule has 1 aliphatic heterocycles. The van der Waals surface area contributed by atoms with E-state index in [1.807, 2.05) is 35.5 Å². The molecule has 0 atom stereocenters. The predicted octanol–water partition coefficient (Wildman–Crippen LogP) is 2.10. The lowest BCUT2D eigenvalue weighted by Crippen LogP contribution is -2.48. The van der Waals surface area contributed by atoms with Gasteiger partial charge in [-0.1, -0.05) is 23.9 Å². The lowest BCUT2D eigenvalue weighted by Gasteiger charge is -2.34. The van der Waals surface area contributed by atoms with Gasteiger partial charge in [0.2, 0.25) is 0 Å². The molecule has 0 N–H and O–H groups in total. The fourth-order valence-electron chi connectivity index (χ4n) is 3.36. The first-order valence-corrected chi connectivity index (χ1v) is 9.77.